The molecule has 7 heteroatoms. The summed E-state index contributed by atoms with van der Waals surface area (Å²) in [7, 11) is 1.56. The minimum absolute atomic E-state index is 0.116. The highest BCUT2D eigenvalue weighted by atomic mass is 16.5. The van der Waals surface area contributed by atoms with Crippen LogP contribution in [0.1, 0.15) is 12.0 Å². The summed E-state index contributed by atoms with van der Waals surface area (Å²) in [5.41, 5.74) is 2.28. The molecule has 7 nitrogen and oxygen atoms in total. The molecule has 1 fully saturated rings. The number of anilines is 2. The molecule has 1 aromatic heterocycles. The van der Waals surface area contributed by atoms with Crippen molar-refractivity contribution in [1.29, 1.82) is 0 Å². The van der Waals surface area contributed by atoms with Gasteiger partial charge in [0.1, 0.15) is 11.3 Å². The number of aryl methyl sites for hydroxylation is 1. The third-order valence-electron chi connectivity index (χ3n) is 5.01. The Kier molecular flexibility index (Phi) is 4.80. The van der Waals surface area contributed by atoms with Crippen molar-refractivity contribution in [2.45, 2.75) is 13.3 Å². The predicted molar refractivity (Wildman–Crippen MR) is 109 cm³/mol. The summed E-state index contributed by atoms with van der Waals surface area (Å²) in [6.45, 7) is 2.22. The number of amides is 2. The molecule has 1 N–H and O–H groups in total. The second-order valence-corrected chi connectivity index (χ2v) is 7.08. The molecule has 0 saturated carbocycles. The maximum absolute atomic E-state index is 12.8. The Bertz CT molecular complexity index is 1170. The molecule has 1 atom stereocenters. The maximum atomic E-state index is 12.8. The summed E-state index contributed by atoms with van der Waals surface area (Å²) in [6, 6.07) is 13.6. The van der Waals surface area contributed by atoms with Crippen LogP contribution in [0.25, 0.3) is 11.0 Å². The van der Waals surface area contributed by atoms with Crippen LogP contribution in [0.3, 0.4) is 0 Å². The Morgan fingerprint density at radius 3 is 2.76 bits per heavy atom. The van der Waals surface area contributed by atoms with E-state index in [9.17, 15) is 14.4 Å². The molecule has 148 valence electrons. The number of nitrogens with zero attached hydrogens (tertiary/aromatic N) is 1. The zero-order valence-corrected chi connectivity index (χ0v) is 16.1. The maximum Gasteiger partial charge on any atom is 0.336 e. The van der Waals surface area contributed by atoms with Crippen molar-refractivity contribution in [1.82, 2.24) is 0 Å². The van der Waals surface area contributed by atoms with Crippen molar-refractivity contribution < 1.29 is 18.7 Å². The van der Waals surface area contributed by atoms with Crippen LogP contribution in [-0.2, 0) is 9.59 Å². The normalized spacial score (nSPS) is 16.3. The average Bonchev–Trinajstić information content (AvgIpc) is 3.09. The molecule has 3 aromatic rings. The number of carbonyl (C=O) groups excluding carboxylic acids is 2. The predicted octanol–water partition coefficient (Wildman–Crippen LogP) is 3.10. The van der Waals surface area contributed by atoms with E-state index in [1.54, 1.807) is 36.3 Å². The number of ether oxygens (including phenoxy) is 1. The first-order chi connectivity index (χ1) is 13.9. The molecule has 4 rings (SSSR count). The van der Waals surface area contributed by atoms with Crippen LogP contribution in [0, 0.1) is 12.8 Å². The molecule has 2 amide bonds. The van der Waals surface area contributed by atoms with Gasteiger partial charge in [-0.2, -0.15) is 0 Å². The van der Waals surface area contributed by atoms with E-state index >= 15 is 0 Å². The molecule has 1 unspecified atom stereocenters. The fraction of sp³-hybridized carbons (Fsp3) is 0.227. The topological polar surface area (TPSA) is 88.8 Å². The van der Waals surface area contributed by atoms with Crippen LogP contribution in [0.4, 0.5) is 11.4 Å². The molecular weight excluding hydrogens is 372 g/mol. The molecule has 0 radical (unpaired) electrons. The van der Waals surface area contributed by atoms with Crippen LogP contribution in [0.2, 0.25) is 0 Å². The van der Waals surface area contributed by atoms with E-state index in [0.717, 1.165) is 5.56 Å². The monoisotopic (exact) mass is 392 g/mol. The summed E-state index contributed by atoms with van der Waals surface area (Å²) in [5.74, 6) is -0.225. The van der Waals surface area contributed by atoms with E-state index in [4.69, 9.17) is 9.15 Å². The highest BCUT2D eigenvalue weighted by molar-refractivity contribution is 6.04. The molecule has 0 bridgehead atoms. The van der Waals surface area contributed by atoms with Crippen molar-refractivity contribution >= 4 is 34.2 Å². The lowest BCUT2D eigenvalue weighted by atomic mass is 10.1. The summed E-state index contributed by atoms with van der Waals surface area (Å²) in [4.78, 5) is 38.2. The minimum atomic E-state index is -0.475. The Morgan fingerprint density at radius 2 is 1.97 bits per heavy atom. The minimum Gasteiger partial charge on any atom is -0.495 e. The van der Waals surface area contributed by atoms with Gasteiger partial charge in [0.15, 0.2) is 0 Å². The van der Waals surface area contributed by atoms with Crippen LogP contribution in [0.15, 0.2) is 57.7 Å². The number of hydrogen-bond acceptors (Lipinski definition) is 5. The zero-order chi connectivity index (χ0) is 20.5. The fourth-order valence-corrected chi connectivity index (χ4v) is 3.52. The fourth-order valence-electron chi connectivity index (χ4n) is 3.52. The molecule has 29 heavy (non-hydrogen) atoms. The number of hydrogen-bond donors (Lipinski definition) is 1. The largest absolute Gasteiger partial charge is 0.495 e. The van der Waals surface area contributed by atoms with Crippen molar-refractivity contribution in [3.8, 4) is 5.75 Å². The van der Waals surface area contributed by atoms with Crippen molar-refractivity contribution in [2.75, 3.05) is 23.9 Å². The quantitative estimate of drug-likeness (QED) is 0.689. The molecular formula is C22H20N2O5. The van der Waals surface area contributed by atoms with Gasteiger partial charge >= 0.3 is 5.63 Å². The zero-order valence-electron chi connectivity index (χ0n) is 16.1. The molecule has 1 aliphatic rings. The van der Waals surface area contributed by atoms with Crippen molar-refractivity contribution in [3.05, 3.63) is 64.5 Å². The molecule has 0 aliphatic carbocycles. The highest BCUT2D eigenvalue weighted by Crippen LogP contribution is 2.34. The van der Waals surface area contributed by atoms with Gasteiger partial charge in [0, 0.05) is 30.1 Å². The molecule has 2 heterocycles. The molecule has 1 saturated heterocycles. The first-order valence-corrected chi connectivity index (χ1v) is 9.24. The lowest BCUT2D eigenvalue weighted by molar-refractivity contribution is -0.122. The molecule has 1 aliphatic heterocycles. The molecule has 2 aromatic carbocycles. The van der Waals surface area contributed by atoms with E-state index in [2.05, 4.69) is 5.32 Å². The second kappa shape index (κ2) is 7.43. The SMILES string of the molecule is COc1ccc(C)cc1N1CC(C(=O)Nc2ccc3oc(=O)ccc3c2)CC1=O. The van der Waals surface area contributed by atoms with Crippen LogP contribution in [-0.4, -0.2) is 25.5 Å². The van der Waals surface area contributed by atoms with Crippen molar-refractivity contribution in [3.63, 3.8) is 0 Å². The number of rotatable bonds is 4. The highest BCUT2D eigenvalue weighted by Gasteiger charge is 2.36. The Balaban J connectivity index is 1.52. The number of nitrogens with one attached hydrogen (secondary N) is 1. The van der Waals surface area contributed by atoms with Gasteiger partial charge in [-0.05, 0) is 48.9 Å². The first-order valence-electron chi connectivity index (χ1n) is 9.24. The second-order valence-electron chi connectivity index (χ2n) is 7.08. The number of carbonyl (C=O) groups is 2. The Labute approximate surface area is 166 Å². The standard InChI is InChI=1S/C22H20N2O5/c1-13-3-6-19(28-2)17(9-13)24-12-15(11-20(24)25)22(27)23-16-5-7-18-14(10-16)4-8-21(26)29-18/h3-10,15H,11-12H2,1-2H3,(H,23,27). The summed E-state index contributed by atoms with van der Waals surface area (Å²) in [5, 5.41) is 3.56. The van der Waals surface area contributed by atoms with E-state index in [1.807, 2.05) is 25.1 Å². The number of benzene rings is 2. The van der Waals surface area contributed by atoms with Crippen LogP contribution >= 0.6 is 0 Å². The average molecular weight is 392 g/mol. The van der Waals surface area contributed by atoms with Gasteiger partial charge < -0.3 is 19.4 Å². The summed E-state index contributed by atoms with van der Waals surface area (Å²) in [6.07, 6.45) is 0.130. The van der Waals surface area contributed by atoms with Gasteiger partial charge in [0.2, 0.25) is 11.8 Å². The van der Waals surface area contributed by atoms with E-state index in [-0.39, 0.29) is 24.8 Å². The smallest absolute Gasteiger partial charge is 0.336 e. The van der Waals surface area contributed by atoms with Crippen molar-refractivity contribution in [2.24, 2.45) is 5.92 Å². The van der Waals surface area contributed by atoms with Gasteiger partial charge in [-0.25, -0.2) is 4.79 Å². The van der Waals surface area contributed by atoms with Gasteiger partial charge in [-0.1, -0.05) is 6.07 Å². The Morgan fingerprint density at radius 1 is 1.14 bits per heavy atom. The third kappa shape index (κ3) is 3.71. The van der Waals surface area contributed by atoms with E-state index in [0.29, 0.717) is 28.1 Å². The molecule has 0 spiro atoms. The van der Waals surface area contributed by atoms with Gasteiger partial charge in [0.25, 0.3) is 0 Å². The Hall–Kier alpha value is -3.61. The first kappa shape index (κ1) is 18.7. The van der Waals surface area contributed by atoms with Gasteiger partial charge in [-0.15, -0.1) is 0 Å². The van der Waals surface area contributed by atoms with Gasteiger partial charge in [-0.3, -0.25) is 9.59 Å². The van der Waals surface area contributed by atoms with E-state index < -0.39 is 11.5 Å². The third-order valence-corrected chi connectivity index (χ3v) is 5.01. The lowest BCUT2D eigenvalue weighted by Crippen LogP contribution is -2.28. The van der Waals surface area contributed by atoms with Crippen LogP contribution < -0.4 is 20.6 Å². The van der Waals surface area contributed by atoms with E-state index in [1.165, 1.54) is 6.07 Å². The summed E-state index contributed by atoms with van der Waals surface area (Å²) < 4.78 is 10.5. The lowest BCUT2D eigenvalue weighted by Gasteiger charge is -2.20. The number of methoxy groups -OCH3 is 1. The summed E-state index contributed by atoms with van der Waals surface area (Å²) >= 11 is 0. The van der Waals surface area contributed by atoms with Crippen LogP contribution in [0.5, 0.6) is 5.75 Å². The van der Waals surface area contributed by atoms with Gasteiger partial charge in [0.05, 0.1) is 18.7 Å². The number of fused-ring (bicyclic) bond motifs is 1.